The summed E-state index contributed by atoms with van der Waals surface area (Å²) in [6.45, 7) is 5.93. The molecule has 0 saturated carbocycles. The Bertz CT molecular complexity index is 1960. The topological polar surface area (TPSA) is 110 Å². The normalized spacial score (nSPS) is 13.7. The Morgan fingerprint density at radius 2 is 2.05 bits per heavy atom. The molecular weight excluding hydrogens is 557 g/mol. The Morgan fingerprint density at radius 3 is 2.80 bits per heavy atom. The molecule has 0 amide bonds. The standard InChI is InChI=1S/C29H30N8O2S2/c1-5-12-36-28(38)23-17-30-29(33-27(23)37(36)26-10-6-9-25(32-26)34-41(3,4)39)31-20-15-19-18-35(2)13-11-21(19)22(16-20)24-8-7-14-40-24/h5-10,14-17H,1,11-13,18H2,2-4H3,(H,30,31,33). The van der Waals surface area contributed by atoms with Crippen molar-refractivity contribution in [2.24, 2.45) is 4.36 Å². The van der Waals surface area contributed by atoms with Crippen LogP contribution < -0.4 is 10.9 Å². The molecule has 0 aliphatic carbocycles. The van der Waals surface area contributed by atoms with Crippen LogP contribution in [0.2, 0.25) is 0 Å². The zero-order valence-electron chi connectivity index (χ0n) is 23.1. The van der Waals surface area contributed by atoms with Gasteiger partial charge in [-0.15, -0.1) is 17.9 Å². The molecule has 5 aromatic rings. The highest BCUT2D eigenvalue weighted by molar-refractivity contribution is 7.92. The lowest BCUT2D eigenvalue weighted by Crippen LogP contribution is -2.27. The number of nitrogens with zero attached hydrogens (tertiary/aromatic N) is 7. The fraction of sp³-hybridized carbons (Fsp3) is 0.241. The van der Waals surface area contributed by atoms with Crippen LogP contribution in [0.15, 0.2) is 75.9 Å². The quantitative estimate of drug-likeness (QED) is 0.268. The fourth-order valence-corrected chi connectivity index (χ4v) is 6.43. The summed E-state index contributed by atoms with van der Waals surface area (Å²) >= 11 is 1.73. The van der Waals surface area contributed by atoms with Gasteiger partial charge in [0.25, 0.3) is 5.56 Å². The molecule has 0 spiro atoms. The number of hydrogen-bond acceptors (Lipinski definition) is 9. The number of fused-ring (bicyclic) bond motifs is 2. The van der Waals surface area contributed by atoms with Gasteiger partial charge in [0.15, 0.2) is 17.3 Å². The van der Waals surface area contributed by atoms with Crippen molar-refractivity contribution in [2.45, 2.75) is 19.5 Å². The molecule has 0 unspecified atom stereocenters. The van der Waals surface area contributed by atoms with E-state index in [4.69, 9.17) is 4.98 Å². The molecule has 0 radical (unpaired) electrons. The Morgan fingerprint density at radius 1 is 1.20 bits per heavy atom. The number of anilines is 2. The molecule has 5 heterocycles. The maximum absolute atomic E-state index is 13.4. The number of hydrogen-bond donors (Lipinski definition) is 1. The second kappa shape index (κ2) is 10.7. The predicted molar refractivity (Wildman–Crippen MR) is 166 cm³/mol. The highest BCUT2D eigenvalue weighted by atomic mass is 32.2. The van der Waals surface area contributed by atoms with Crippen molar-refractivity contribution >= 4 is 49.6 Å². The van der Waals surface area contributed by atoms with Gasteiger partial charge >= 0.3 is 0 Å². The van der Waals surface area contributed by atoms with E-state index in [9.17, 15) is 9.00 Å². The molecule has 1 N–H and O–H groups in total. The van der Waals surface area contributed by atoms with Crippen LogP contribution in [0, 0.1) is 0 Å². The summed E-state index contributed by atoms with van der Waals surface area (Å²) in [5, 5.41) is 5.83. The molecule has 41 heavy (non-hydrogen) atoms. The van der Waals surface area contributed by atoms with Crippen LogP contribution in [0.3, 0.4) is 0 Å². The lowest BCUT2D eigenvalue weighted by atomic mass is 9.93. The summed E-state index contributed by atoms with van der Waals surface area (Å²) in [4.78, 5) is 30.8. The van der Waals surface area contributed by atoms with Gasteiger partial charge in [-0.25, -0.2) is 23.5 Å². The molecule has 0 atom stereocenters. The van der Waals surface area contributed by atoms with E-state index in [0.29, 0.717) is 28.6 Å². The molecule has 10 nitrogen and oxygen atoms in total. The first-order chi connectivity index (χ1) is 19.7. The summed E-state index contributed by atoms with van der Waals surface area (Å²) in [6, 6.07) is 13.7. The number of rotatable bonds is 7. The number of nitrogens with one attached hydrogen (secondary N) is 1. The molecular formula is C29H30N8O2S2. The lowest BCUT2D eigenvalue weighted by molar-refractivity contribution is 0.313. The second-order valence-electron chi connectivity index (χ2n) is 10.3. The molecule has 4 aromatic heterocycles. The first-order valence-electron chi connectivity index (χ1n) is 13.1. The highest BCUT2D eigenvalue weighted by Gasteiger charge is 2.21. The first kappa shape index (κ1) is 27.1. The van der Waals surface area contributed by atoms with E-state index < -0.39 is 9.73 Å². The van der Waals surface area contributed by atoms with Crippen molar-refractivity contribution in [1.29, 1.82) is 0 Å². The predicted octanol–water partition coefficient (Wildman–Crippen LogP) is 4.98. The van der Waals surface area contributed by atoms with Gasteiger partial charge in [0.05, 0.1) is 6.54 Å². The van der Waals surface area contributed by atoms with Crippen molar-refractivity contribution in [1.82, 2.24) is 29.2 Å². The van der Waals surface area contributed by atoms with Gasteiger partial charge in [-0.3, -0.25) is 4.79 Å². The van der Waals surface area contributed by atoms with E-state index in [2.05, 4.69) is 67.8 Å². The van der Waals surface area contributed by atoms with Crippen LogP contribution in [0.1, 0.15) is 11.1 Å². The van der Waals surface area contributed by atoms with Crippen molar-refractivity contribution in [3.63, 3.8) is 0 Å². The Labute approximate surface area is 242 Å². The zero-order valence-corrected chi connectivity index (χ0v) is 24.7. The summed E-state index contributed by atoms with van der Waals surface area (Å²) in [7, 11) is -0.292. The van der Waals surface area contributed by atoms with Crippen LogP contribution in [0.5, 0.6) is 0 Å². The Balaban J connectivity index is 1.47. The van der Waals surface area contributed by atoms with E-state index in [1.807, 2.05) is 0 Å². The molecule has 12 heteroatoms. The number of benzene rings is 1. The maximum atomic E-state index is 13.4. The minimum Gasteiger partial charge on any atom is -0.324 e. The number of thiophene rings is 1. The number of aromatic nitrogens is 5. The first-order valence-corrected chi connectivity index (χ1v) is 16.3. The largest absolute Gasteiger partial charge is 0.324 e. The van der Waals surface area contributed by atoms with Gasteiger partial charge in [0.2, 0.25) is 5.95 Å². The summed E-state index contributed by atoms with van der Waals surface area (Å²) in [5.74, 6) is 1.09. The third-order valence-electron chi connectivity index (χ3n) is 6.80. The third-order valence-corrected chi connectivity index (χ3v) is 8.33. The van der Waals surface area contributed by atoms with Crippen molar-refractivity contribution in [2.75, 3.05) is 31.4 Å². The van der Waals surface area contributed by atoms with Gasteiger partial charge < -0.3 is 10.2 Å². The molecule has 6 rings (SSSR count). The minimum atomic E-state index is -2.42. The SMILES string of the molecule is C=CCn1c(=O)c2cnc(Nc3cc4c(c(-c5cccs5)c3)CCN(C)C4)nc2n1-c1cccc(N=S(C)(C)=O)n1. The smallest absolute Gasteiger partial charge is 0.278 e. The number of pyridine rings is 1. The van der Waals surface area contributed by atoms with Crippen LogP contribution in [0.25, 0.3) is 27.3 Å². The molecule has 210 valence electrons. The van der Waals surface area contributed by atoms with Crippen molar-refractivity contribution < 1.29 is 4.21 Å². The minimum absolute atomic E-state index is 0.238. The molecule has 0 fully saturated rings. The monoisotopic (exact) mass is 586 g/mol. The van der Waals surface area contributed by atoms with Crippen LogP contribution in [-0.2, 0) is 29.2 Å². The van der Waals surface area contributed by atoms with Gasteiger partial charge in [-0.2, -0.15) is 9.35 Å². The molecule has 0 saturated heterocycles. The maximum Gasteiger partial charge on any atom is 0.278 e. The summed E-state index contributed by atoms with van der Waals surface area (Å²) in [5.41, 5.74) is 4.88. The van der Waals surface area contributed by atoms with Gasteiger partial charge in [-0.05, 0) is 65.9 Å². The van der Waals surface area contributed by atoms with E-state index in [0.717, 1.165) is 25.2 Å². The van der Waals surface area contributed by atoms with Crippen molar-refractivity contribution in [3.05, 3.63) is 88.2 Å². The van der Waals surface area contributed by atoms with Crippen molar-refractivity contribution in [3.8, 4) is 16.3 Å². The average molecular weight is 587 g/mol. The fourth-order valence-electron chi connectivity index (χ4n) is 5.11. The number of likely N-dealkylation sites (N-methyl/N-ethyl adjacent to an activating group) is 1. The van der Waals surface area contributed by atoms with E-state index in [-0.39, 0.29) is 12.1 Å². The van der Waals surface area contributed by atoms with Gasteiger partial charge in [-0.1, -0.05) is 18.2 Å². The van der Waals surface area contributed by atoms with E-state index in [1.54, 1.807) is 52.8 Å². The zero-order chi connectivity index (χ0) is 28.7. The van der Waals surface area contributed by atoms with E-state index >= 15 is 0 Å². The molecule has 1 aliphatic rings. The Hall–Kier alpha value is -4.13. The van der Waals surface area contributed by atoms with Crippen LogP contribution >= 0.6 is 11.3 Å². The highest BCUT2D eigenvalue weighted by Crippen LogP contribution is 2.36. The number of allylic oxidation sites excluding steroid dienone is 1. The average Bonchev–Trinajstić information content (AvgIpc) is 3.55. The second-order valence-corrected chi connectivity index (χ2v) is 13.8. The van der Waals surface area contributed by atoms with Crippen LogP contribution in [-0.4, -0.2) is 59.5 Å². The lowest BCUT2D eigenvalue weighted by Gasteiger charge is -2.27. The molecule has 1 aliphatic heterocycles. The molecule has 1 aromatic carbocycles. The molecule has 0 bridgehead atoms. The summed E-state index contributed by atoms with van der Waals surface area (Å²) < 4.78 is 19.7. The van der Waals surface area contributed by atoms with E-state index in [1.165, 1.54) is 32.4 Å². The van der Waals surface area contributed by atoms with Gasteiger partial charge in [0, 0.05) is 52.1 Å². The van der Waals surface area contributed by atoms with Gasteiger partial charge in [0.1, 0.15) is 5.39 Å². The third kappa shape index (κ3) is 5.45. The summed E-state index contributed by atoms with van der Waals surface area (Å²) in [6.07, 6.45) is 7.27. The Kier molecular flexibility index (Phi) is 7.06. The van der Waals surface area contributed by atoms with Crippen LogP contribution in [0.4, 0.5) is 17.5 Å².